The summed E-state index contributed by atoms with van der Waals surface area (Å²) < 4.78 is 0. The van der Waals surface area contributed by atoms with E-state index in [2.05, 4.69) is 10.8 Å². The van der Waals surface area contributed by atoms with Crippen LogP contribution in [0.5, 0.6) is 0 Å². The summed E-state index contributed by atoms with van der Waals surface area (Å²) in [5.41, 5.74) is -0.809. The third-order valence-corrected chi connectivity index (χ3v) is 2.95. The van der Waals surface area contributed by atoms with E-state index in [1.54, 1.807) is 0 Å². The number of hydrogen-bond donors (Lipinski definition) is 1. The Bertz CT molecular complexity index is 213. The summed E-state index contributed by atoms with van der Waals surface area (Å²) in [4.78, 5) is 2.31. The number of halogens is 1. The first kappa shape index (κ1) is 9.85. The van der Waals surface area contributed by atoms with Gasteiger partial charge in [0.25, 0.3) is 0 Å². The molecule has 1 N–H and O–H groups in total. The molecule has 0 saturated carbocycles. The van der Waals surface area contributed by atoms with Crippen molar-refractivity contribution in [2.75, 3.05) is 13.1 Å². The van der Waals surface area contributed by atoms with Crippen LogP contribution in [0.15, 0.2) is 0 Å². The zero-order chi connectivity index (χ0) is 7.90. The van der Waals surface area contributed by atoms with E-state index in [1.165, 1.54) is 6.42 Å². The number of fused-ring (bicyclic) bond motifs is 1. The second-order valence-electron chi connectivity index (χ2n) is 3.51. The fraction of sp³-hybridized carbons (Fsp3) is 0.778. The van der Waals surface area contributed by atoms with Gasteiger partial charge in [-0.25, -0.2) is 0 Å². The van der Waals surface area contributed by atoms with Crippen molar-refractivity contribution in [3.05, 3.63) is 0 Å². The van der Waals surface area contributed by atoms with Gasteiger partial charge in [-0.3, -0.25) is 4.90 Å². The maximum absolute atomic E-state index is 9.89. The molecule has 2 rings (SSSR count). The Labute approximate surface area is 79.4 Å². The third-order valence-electron chi connectivity index (χ3n) is 2.95. The molecule has 2 atom stereocenters. The van der Waals surface area contributed by atoms with Gasteiger partial charge in [-0.15, -0.1) is 18.8 Å². The van der Waals surface area contributed by atoms with Crippen molar-refractivity contribution in [2.24, 2.45) is 0 Å². The Kier molecular flexibility index (Phi) is 2.67. The molecule has 12 heavy (non-hydrogen) atoms. The first-order valence-corrected chi connectivity index (χ1v) is 4.20. The monoisotopic (exact) mass is 187 g/mol. The Balaban J connectivity index is 0.000000720. The van der Waals surface area contributed by atoms with Gasteiger partial charge in [-0.1, -0.05) is 5.92 Å². The van der Waals surface area contributed by atoms with Crippen LogP contribution in [0.4, 0.5) is 0 Å². The van der Waals surface area contributed by atoms with E-state index in [1.807, 2.05) is 0 Å². The van der Waals surface area contributed by atoms with Crippen LogP contribution in [0.3, 0.4) is 0 Å². The van der Waals surface area contributed by atoms with Gasteiger partial charge >= 0.3 is 0 Å². The van der Waals surface area contributed by atoms with Crippen LogP contribution >= 0.6 is 12.4 Å². The van der Waals surface area contributed by atoms with E-state index in [0.29, 0.717) is 0 Å². The maximum Gasteiger partial charge on any atom is 0.141 e. The molecule has 2 nitrogen and oxygen atoms in total. The molecule has 0 aromatic rings. The van der Waals surface area contributed by atoms with E-state index in [0.717, 1.165) is 25.9 Å². The molecule has 0 aliphatic carbocycles. The first-order chi connectivity index (χ1) is 5.26. The van der Waals surface area contributed by atoms with Crippen LogP contribution < -0.4 is 0 Å². The largest absolute Gasteiger partial charge is 0.376 e. The molecule has 0 aromatic carbocycles. The number of terminal acetylenes is 1. The first-order valence-electron chi connectivity index (χ1n) is 4.20. The van der Waals surface area contributed by atoms with Gasteiger partial charge in [0, 0.05) is 19.0 Å². The van der Waals surface area contributed by atoms with E-state index in [9.17, 15) is 5.11 Å². The maximum atomic E-state index is 9.89. The van der Waals surface area contributed by atoms with Crippen LogP contribution in [0, 0.1) is 12.3 Å². The fourth-order valence-corrected chi connectivity index (χ4v) is 2.28. The molecule has 2 saturated heterocycles. The summed E-state index contributed by atoms with van der Waals surface area (Å²) in [5, 5.41) is 9.89. The van der Waals surface area contributed by atoms with E-state index < -0.39 is 5.60 Å². The van der Waals surface area contributed by atoms with Crippen molar-refractivity contribution < 1.29 is 5.11 Å². The molecule has 0 radical (unpaired) electrons. The Hall–Kier alpha value is -0.230. The van der Waals surface area contributed by atoms with Crippen LogP contribution in [0.25, 0.3) is 0 Å². The molecular formula is C9H14ClNO. The van der Waals surface area contributed by atoms with E-state index in [-0.39, 0.29) is 18.4 Å². The zero-order valence-corrected chi connectivity index (χ0v) is 7.81. The predicted octanol–water partition coefficient (Wildman–Crippen LogP) is 0.641. The second kappa shape index (κ2) is 3.26. The van der Waals surface area contributed by atoms with Crippen molar-refractivity contribution in [1.29, 1.82) is 0 Å². The minimum absolute atomic E-state index is 0. The lowest BCUT2D eigenvalue weighted by atomic mass is 9.94. The van der Waals surface area contributed by atoms with Gasteiger partial charge < -0.3 is 5.11 Å². The average Bonchev–Trinajstić information content (AvgIpc) is 2.55. The molecule has 0 amide bonds. The van der Waals surface area contributed by atoms with Gasteiger partial charge in [0.05, 0.1) is 0 Å². The molecule has 2 aliphatic rings. The SMILES string of the molecule is C#CC1(O)CCN2CCCC21.Cl. The minimum atomic E-state index is -0.809. The van der Waals surface area contributed by atoms with Gasteiger partial charge in [0.2, 0.25) is 0 Å². The van der Waals surface area contributed by atoms with Crippen molar-refractivity contribution in [3.8, 4) is 12.3 Å². The molecule has 2 unspecified atom stereocenters. The molecule has 0 aromatic heterocycles. The average molecular weight is 188 g/mol. The summed E-state index contributed by atoms with van der Waals surface area (Å²) in [7, 11) is 0. The topological polar surface area (TPSA) is 23.5 Å². The Morgan fingerprint density at radius 2 is 2.25 bits per heavy atom. The lowest BCUT2D eigenvalue weighted by Crippen LogP contribution is -2.39. The summed E-state index contributed by atoms with van der Waals surface area (Å²) in [5.74, 6) is 2.53. The van der Waals surface area contributed by atoms with Crippen LogP contribution in [0.2, 0.25) is 0 Å². The molecule has 0 spiro atoms. The lowest BCUT2D eigenvalue weighted by Gasteiger charge is -2.23. The summed E-state index contributed by atoms with van der Waals surface area (Å²) in [6.45, 7) is 2.10. The van der Waals surface area contributed by atoms with Gasteiger partial charge in [0.1, 0.15) is 5.60 Å². The fourth-order valence-electron chi connectivity index (χ4n) is 2.28. The number of hydrogen-bond acceptors (Lipinski definition) is 2. The number of aliphatic hydroxyl groups is 1. The van der Waals surface area contributed by atoms with Crippen molar-refractivity contribution >= 4 is 12.4 Å². The van der Waals surface area contributed by atoms with Gasteiger partial charge in [-0.05, 0) is 19.4 Å². The molecule has 68 valence electrons. The molecule has 2 heterocycles. The molecule has 3 heteroatoms. The number of nitrogens with zero attached hydrogens (tertiary/aromatic N) is 1. The van der Waals surface area contributed by atoms with Crippen molar-refractivity contribution in [1.82, 2.24) is 4.90 Å². The molecule has 0 bridgehead atoms. The van der Waals surface area contributed by atoms with Crippen molar-refractivity contribution in [2.45, 2.75) is 30.9 Å². The number of rotatable bonds is 0. The third kappa shape index (κ3) is 1.22. The summed E-state index contributed by atoms with van der Waals surface area (Å²) in [6.07, 6.45) is 8.31. The predicted molar refractivity (Wildman–Crippen MR) is 50.2 cm³/mol. The second-order valence-corrected chi connectivity index (χ2v) is 3.51. The lowest BCUT2D eigenvalue weighted by molar-refractivity contribution is 0.0700. The van der Waals surface area contributed by atoms with Crippen LogP contribution in [-0.2, 0) is 0 Å². The van der Waals surface area contributed by atoms with E-state index >= 15 is 0 Å². The van der Waals surface area contributed by atoms with Crippen molar-refractivity contribution in [3.63, 3.8) is 0 Å². The highest BCUT2D eigenvalue weighted by molar-refractivity contribution is 5.85. The Morgan fingerprint density at radius 1 is 1.50 bits per heavy atom. The zero-order valence-electron chi connectivity index (χ0n) is 6.99. The van der Waals surface area contributed by atoms with Gasteiger partial charge in [0.15, 0.2) is 0 Å². The normalized spacial score (nSPS) is 40.2. The minimum Gasteiger partial charge on any atom is -0.376 e. The summed E-state index contributed by atoms with van der Waals surface area (Å²) in [6, 6.07) is 0.257. The molecular weight excluding hydrogens is 174 g/mol. The highest BCUT2D eigenvalue weighted by Crippen LogP contribution is 2.35. The molecule has 2 aliphatic heterocycles. The van der Waals surface area contributed by atoms with Crippen LogP contribution in [0.1, 0.15) is 19.3 Å². The van der Waals surface area contributed by atoms with E-state index in [4.69, 9.17) is 6.42 Å². The summed E-state index contributed by atoms with van der Waals surface area (Å²) >= 11 is 0. The quantitative estimate of drug-likeness (QED) is 0.563. The highest BCUT2D eigenvalue weighted by atomic mass is 35.5. The molecule has 2 fully saturated rings. The standard InChI is InChI=1S/C9H13NO.ClH/c1-2-9(11)5-7-10-6-3-4-8(9)10;/h1,8,11H,3-7H2;1H. The van der Waals surface area contributed by atoms with Crippen LogP contribution in [-0.4, -0.2) is 34.7 Å². The van der Waals surface area contributed by atoms with Gasteiger partial charge in [-0.2, -0.15) is 0 Å². The smallest absolute Gasteiger partial charge is 0.141 e. The highest BCUT2D eigenvalue weighted by Gasteiger charge is 2.46. The Morgan fingerprint density at radius 3 is 2.92 bits per heavy atom.